The third-order valence-corrected chi connectivity index (χ3v) is 1.91. The Balaban J connectivity index is -0.0000000359. The third kappa shape index (κ3) is 54.3. The molecule has 11 nitrogen and oxygen atoms in total. The molecule has 0 rings (SSSR count). The van der Waals surface area contributed by atoms with Crippen LogP contribution < -0.4 is 0 Å². The van der Waals surface area contributed by atoms with Gasteiger partial charge in [0.2, 0.25) is 0 Å². The fraction of sp³-hybridized carbons (Fsp3) is 0. The summed E-state index contributed by atoms with van der Waals surface area (Å²) in [5.74, 6) is 0. The summed E-state index contributed by atoms with van der Waals surface area (Å²) in [4.78, 5) is 52.6. The second-order valence-corrected chi connectivity index (χ2v) is 5.22. The summed E-state index contributed by atoms with van der Waals surface area (Å²) >= 11 is 0. The Morgan fingerprint density at radius 1 is 0.750 bits per heavy atom. The topological polar surface area (TPSA) is 202 Å². The van der Waals surface area contributed by atoms with E-state index < -0.39 is 23.5 Å². The van der Waals surface area contributed by atoms with Crippen LogP contribution in [0.5, 0.6) is 0 Å². The zero-order chi connectivity index (χ0) is 12.2. The summed E-state index contributed by atoms with van der Waals surface area (Å²) < 4.78 is 31.1. The standard InChI is InChI=1S/In.H4O7P2.H3O4P.Sr.5H/c;1-8(2,3)7-9(4,5)6;1-5(2,3)4;;;;;;/h;(H2,1,2,3)(H2,4,5,6);(H3,1,2,3,4);;;;;;/q;;;+2;;;;2*-1. The molecule has 0 bridgehead atoms. The number of hydrogen-bond donors (Lipinski definition) is 7. The van der Waals surface area contributed by atoms with Crippen molar-refractivity contribution in [1.29, 1.82) is 0 Å². The smallest absolute Gasteiger partial charge is 2.00 e. The van der Waals surface area contributed by atoms with Gasteiger partial charge in [-0.2, -0.15) is 4.31 Å². The van der Waals surface area contributed by atoms with E-state index in [0.29, 0.717) is 0 Å². The van der Waals surface area contributed by atoms with Gasteiger partial charge in [-0.15, -0.1) is 0 Å². The van der Waals surface area contributed by atoms with Crippen molar-refractivity contribution >= 4 is 94.8 Å². The quantitative estimate of drug-likeness (QED) is 0.155. The first-order chi connectivity index (χ1) is 5.71. The van der Waals surface area contributed by atoms with E-state index >= 15 is 0 Å². The molecule has 0 aromatic carbocycles. The van der Waals surface area contributed by atoms with Crippen LogP contribution in [0.3, 0.4) is 0 Å². The summed E-state index contributed by atoms with van der Waals surface area (Å²) in [6, 6.07) is 0. The van der Waals surface area contributed by atoms with Gasteiger partial charge in [-0.1, -0.05) is 0 Å². The molecule has 0 amide bonds. The predicted octanol–water partition coefficient (Wildman–Crippen LogP) is -3.08. The van der Waals surface area contributed by atoms with Crippen molar-refractivity contribution in [2.24, 2.45) is 0 Å². The Kier molecular flexibility index (Phi) is 17.8. The molecule has 0 spiro atoms. The molecule has 0 saturated carbocycles. The van der Waals surface area contributed by atoms with E-state index in [4.69, 9.17) is 38.8 Å². The van der Waals surface area contributed by atoms with Crippen molar-refractivity contribution in [3.63, 3.8) is 0 Å². The summed E-state index contributed by atoms with van der Waals surface area (Å²) in [6.45, 7) is 0. The largest absolute Gasteiger partial charge is 2.00 e. The van der Waals surface area contributed by atoms with Gasteiger partial charge in [0.05, 0.1) is 0 Å². The van der Waals surface area contributed by atoms with Crippen molar-refractivity contribution in [3.8, 4) is 0 Å². The molecule has 7 N–H and O–H groups in total. The van der Waals surface area contributed by atoms with E-state index in [1.165, 1.54) is 0 Å². The maximum absolute atomic E-state index is 9.63. The molecule has 0 saturated heterocycles. The van der Waals surface area contributed by atoms with Crippen LogP contribution in [-0.2, 0) is 18.0 Å². The Bertz CT molecular complexity index is 273. The summed E-state index contributed by atoms with van der Waals surface area (Å²) in [5.41, 5.74) is 0. The van der Waals surface area contributed by atoms with Crippen LogP contribution in [-0.4, -0.2) is 106 Å². The molecule has 0 fully saturated rings. The summed E-state index contributed by atoms with van der Waals surface area (Å²) in [6.07, 6.45) is 0. The van der Waals surface area contributed by atoms with Gasteiger partial charge in [0, 0.05) is 0 Å². The molecule has 16 heavy (non-hydrogen) atoms. The number of phosphoric acid groups is 3. The zero-order valence-corrected chi connectivity index (χ0v) is 13.0. The van der Waals surface area contributed by atoms with Crippen molar-refractivity contribution < 1.29 is 55.1 Å². The minimum absolute atomic E-state index is 0. The van der Waals surface area contributed by atoms with Gasteiger partial charge >= 0.3 is 94.8 Å². The third-order valence-electron chi connectivity index (χ3n) is 0.213. The number of rotatable bonds is 2. The van der Waals surface area contributed by atoms with Crippen LogP contribution in [0, 0.1) is 0 Å². The molecule has 0 aliphatic carbocycles. The van der Waals surface area contributed by atoms with E-state index in [1.54, 1.807) is 0 Å². The minimum Gasteiger partial charge on any atom is 2.00 e. The van der Waals surface area contributed by atoms with Crippen molar-refractivity contribution in [3.05, 3.63) is 0 Å². The predicted molar refractivity (Wildman–Crippen MR) is 57.4 cm³/mol. The Labute approximate surface area is 148 Å². The van der Waals surface area contributed by atoms with Crippen LogP contribution in [0.1, 0.15) is 2.85 Å². The van der Waals surface area contributed by atoms with Crippen molar-refractivity contribution in [1.82, 2.24) is 0 Å². The molecule has 0 aliphatic rings. The van der Waals surface area contributed by atoms with E-state index in [1.807, 2.05) is 0 Å². The van der Waals surface area contributed by atoms with E-state index in [0.717, 1.165) is 0 Å². The molecule has 0 aromatic heterocycles. The first kappa shape index (κ1) is 27.1. The van der Waals surface area contributed by atoms with Gasteiger partial charge in [0.25, 0.3) is 0 Å². The van der Waals surface area contributed by atoms with E-state index in [9.17, 15) is 9.13 Å². The normalized spacial score (nSPS) is 11.4. The second kappa shape index (κ2) is 10.5. The average molecular weight is 483 g/mol. The van der Waals surface area contributed by atoms with Crippen LogP contribution in [0.2, 0.25) is 0 Å². The van der Waals surface area contributed by atoms with Gasteiger partial charge in [-0.05, 0) is 0 Å². The molecule has 0 heterocycles. The monoisotopic (exact) mass is 484 g/mol. The van der Waals surface area contributed by atoms with Crippen molar-refractivity contribution in [2.45, 2.75) is 0 Å². The maximum atomic E-state index is 9.63. The molecule has 0 unspecified atom stereocenters. The van der Waals surface area contributed by atoms with Gasteiger partial charge in [-0.25, -0.2) is 13.7 Å². The maximum Gasteiger partial charge on any atom is 2.00 e. The Morgan fingerprint density at radius 2 is 0.875 bits per heavy atom. The average Bonchev–Trinajstić information content (AvgIpc) is 1.42. The fourth-order valence-electron chi connectivity index (χ4n) is 0.139. The number of hydrogen-bond acceptors (Lipinski definition) is 4. The van der Waals surface area contributed by atoms with Gasteiger partial charge in [-0.3, -0.25) is 0 Å². The molecule has 0 radical (unpaired) electrons. The van der Waals surface area contributed by atoms with Crippen LogP contribution in [0.15, 0.2) is 0 Å². The molecule has 0 atom stereocenters. The van der Waals surface area contributed by atoms with Crippen LogP contribution >= 0.6 is 23.5 Å². The Morgan fingerprint density at radius 3 is 0.875 bits per heavy atom. The summed E-state index contributed by atoms with van der Waals surface area (Å²) in [7, 11) is -14.7. The fourth-order valence-corrected chi connectivity index (χ4v) is 1.25. The van der Waals surface area contributed by atoms with Gasteiger partial charge in [0.1, 0.15) is 0 Å². The molecule has 0 aromatic rings. The van der Waals surface area contributed by atoms with Gasteiger partial charge in [0.15, 0.2) is 0 Å². The van der Waals surface area contributed by atoms with Crippen LogP contribution in [0.4, 0.5) is 0 Å². The van der Waals surface area contributed by atoms with Gasteiger partial charge < -0.3 is 37.1 Å². The molecular weight excluding hydrogens is 471 g/mol. The van der Waals surface area contributed by atoms with E-state index in [-0.39, 0.29) is 74.2 Å². The minimum atomic E-state index is -5.05. The molecular formula is H12InO11P3Sr. The summed E-state index contributed by atoms with van der Waals surface area (Å²) in [5, 5.41) is 0. The van der Waals surface area contributed by atoms with Crippen LogP contribution in [0.25, 0.3) is 0 Å². The SMILES string of the molecule is O=P(O)(O)O.O=P(O)(O)OP(=O)(O)O.[H-].[H-].[InH3].[Sr+2]. The second-order valence-electron chi connectivity index (χ2n) is 1.58. The first-order valence-corrected chi connectivity index (χ1v) is 6.94. The zero-order valence-electron chi connectivity index (χ0n) is 8.81. The van der Waals surface area contributed by atoms with E-state index in [2.05, 4.69) is 4.31 Å². The molecule has 0 aliphatic heterocycles. The van der Waals surface area contributed by atoms with Crippen molar-refractivity contribution in [2.75, 3.05) is 0 Å². The molecule has 16 heteroatoms. The Hall–Kier alpha value is 2.72. The first-order valence-electron chi connectivity index (χ1n) is 2.31. The molecule has 98 valence electrons.